The number of hydrogen-bond acceptors (Lipinski definition) is 5. The summed E-state index contributed by atoms with van der Waals surface area (Å²) in [6.07, 6.45) is 1.45. The van der Waals surface area contributed by atoms with Gasteiger partial charge < -0.3 is 25.6 Å². The van der Waals surface area contributed by atoms with Crippen LogP contribution in [0.4, 0.5) is 4.79 Å². The van der Waals surface area contributed by atoms with Gasteiger partial charge in [0, 0.05) is 12.1 Å². The fraction of sp³-hybridized carbons (Fsp3) is 0.889. The minimum atomic E-state index is -1.08. The molecule has 0 aromatic carbocycles. The zero-order valence-corrected chi connectivity index (χ0v) is 16.0. The van der Waals surface area contributed by atoms with E-state index in [-0.39, 0.29) is 6.04 Å². The Morgan fingerprint density at radius 1 is 1.24 bits per heavy atom. The van der Waals surface area contributed by atoms with Crippen LogP contribution in [-0.2, 0) is 9.53 Å². The van der Waals surface area contributed by atoms with E-state index in [9.17, 15) is 19.8 Å². The maximum absolute atomic E-state index is 12.1. The van der Waals surface area contributed by atoms with E-state index in [2.05, 4.69) is 31.4 Å². The Morgan fingerprint density at radius 3 is 2.36 bits per heavy atom. The lowest BCUT2D eigenvalue weighted by atomic mass is 9.79. The number of carboxylic acids is 1. The molecule has 4 atom stereocenters. The van der Waals surface area contributed by atoms with Crippen LogP contribution in [0.3, 0.4) is 0 Å². The molecule has 0 aromatic rings. The maximum Gasteiger partial charge on any atom is 0.408 e. The predicted octanol–water partition coefficient (Wildman–Crippen LogP) is 2.27. The highest BCUT2D eigenvalue weighted by molar-refractivity contribution is 5.80. The number of aliphatic hydroxyl groups is 1. The molecule has 146 valence electrons. The van der Waals surface area contributed by atoms with Gasteiger partial charge in [-0.3, -0.25) is 0 Å². The van der Waals surface area contributed by atoms with Crippen molar-refractivity contribution < 1.29 is 24.5 Å². The van der Waals surface area contributed by atoms with Crippen molar-refractivity contribution in [2.75, 3.05) is 0 Å². The Morgan fingerprint density at radius 2 is 1.88 bits per heavy atom. The number of aliphatic hydroxyl groups excluding tert-OH is 1. The van der Waals surface area contributed by atoms with Crippen LogP contribution in [0.2, 0.25) is 0 Å². The number of amides is 1. The van der Waals surface area contributed by atoms with Crippen LogP contribution in [0.5, 0.6) is 0 Å². The van der Waals surface area contributed by atoms with Gasteiger partial charge in [0.25, 0.3) is 0 Å². The molecule has 0 bridgehead atoms. The second kappa shape index (κ2) is 9.38. The number of carbonyl (C=O) groups excluding carboxylic acids is 1. The molecule has 7 nitrogen and oxygen atoms in total. The van der Waals surface area contributed by atoms with Crippen LogP contribution in [-0.4, -0.2) is 52.6 Å². The fourth-order valence-electron chi connectivity index (χ4n) is 3.31. The Bertz CT molecular complexity index is 453. The third-order valence-electron chi connectivity index (χ3n) is 4.81. The van der Waals surface area contributed by atoms with E-state index in [0.29, 0.717) is 25.3 Å². The fourth-order valence-corrected chi connectivity index (χ4v) is 3.31. The van der Waals surface area contributed by atoms with Crippen molar-refractivity contribution in [1.29, 1.82) is 0 Å². The largest absolute Gasteiger partial charge is 0.480 e. The standard InChI is InChI=1S/C18H34N2O5/c1-11(2)19-12(3)9-10-18(4,5)15(16(22)23)20-17(24)25-14-8-6-7-13(14)21/h11-15,19,21H,6-10H2,1-5H3,(H,20,24)(H,22,23). The van der Waals surface area contributed by atoms with Gasteiger partial charge in [0.2, 0.25) is 0 Å². The summed E-state index contributed by atoms with van der Waals surface area (Å²) < 4.78 is 5.20. The number of carbonyl (C=O) groups is 2. The highest BCUT2D eigenvalue weighted by atomic mass is 16.6. The van der Waals surface area contributed by atoms with Gasteiger partial charge in [-0.2, -0.15) is 0 Å². The summed E-state index contributed by atoms with van der Waals surface area (Å²) in [7, 11) is 0. The molecule has 0 heterocycles. The van der Waals surface area contributed by atoms with Gasteiger partial charge in [-0.25, -0.2) is 9.59 Å². The minimum Gasteiger partial charge on any atom is -0.480 e. The smallest absolute Gasteiger partial charge is 0.408 e. The second-order valence-corrected chi connectivity index (χ2v) is 8.11. The molecule has 4 unspecified atom stereocenters. The average Bonchev–Trinajstić information content (AvgIpc) is 2.87. The molecule has 0 aliphatic heterocycles. The average molecular weight is 358 g/mol. The zero-order chi connectivity index (χ0) is 19.2. The van der Waals surface area contributed by atoms with Gasteiger partial charge in [0.1, 0.15) is 12.1 Å². The van der Waals surface area contributed by atoms with E-state index in [1.807, 2.05) is 13.8 Å². The monoisotopic (exact) mass is 358 g/mol. The van der Waals surface area contributed by atoms with Crippen LogP contribution in [0, 0.1) is 5.41 Å². The first-order valence-electron chi connectivity index (χ1n) is 9.17. The van der Waals surface area contributed by atoms with Crippen LogP contribution in [0.1, 0.15) is 66.7 Å². The number of aliphatic carboxylic acids is 1. The maximum atomic E-state index is 12.1. The van der Waals surface area contributed by atoms with Crippen molar-refractivity contribution in [1.82, 2.24) is 10.6 Å². The van der Waals surface area contributed by atoms with E-state index in [4.69, 9.17) is 4.74 Å². The van der Waals surface area contributed by atoms with Crippen molar-refractivity contribution in [2.45, 2.75) is 97.1 Å². The summed E-state index contributed by atoms with van der Waals surface area (Å²) in [5.74, 6) is -1.08. The molecule has 1 rings (SSSR count). The van der Waals surface area contributed by atoms with Gasteiger partial charge >= 0.3 is 12.1 Å². The number of ether oxygens (including phenoxy) is 1. The summed E-state index contributed by atoms with van der Waals surface area (Å²) in [4.78, 5) is 23.7. The molecule has 25 heavy (non-hydrogen) atoms. The first kappa shape index (κ1) is 21.7. The number of hydrogen-bond donors (Lipinski definition) is 4. The lowest BCUT2D eigenvalue weighted by molar-refractivity contribution is -0.142. The van der Waals surface area contributed by atoms with Gasteiger partial charge in [0.15, 0.2) is 0 Å². The summed E-state index contributed by atoms with van der Waals surface area (Å²) >= 11 is 0. The van der Waals surface area contributed by atoms with E-state index >= 15 is 0 Å². The molecule has 1 aliphatic rings. The van der Waals surface area contributed by atoms with E-state index < -0.39 is 35.7 Å². The van der Waals surface area contributed by atoms with Gasteiger partial charge in [-0.05, 0) is 44.4 Å². The Hall–Kier alpha value is -1.34. The van der Waals surface area contributed by atoms with Crippen LogP contribution in [0.15, 0.2) is 0 Å². The van der Waals surface area contributed by atoms with Crippen molar-refractivity contribution in [3.63, 3.8) is 0 Å². The molecule has 4 N–H and O–H groups in total. The van der Waals surface area contributed by atoms with Crippen molar-refractivity contribution in [3.05, 3.63) is 0 Å². The quantitative estimate of drug-likeness (QED) is 0.504. The van der Waals surface area contributed by atoms with Gasteiger partial charge in [0.05, 0.1) is 6.10 Å². The van der Waals surface area contributed by atoms with Gasteiger partial charge in [-0.15, -0.1) is 0 Å². The lowest BCUT2D eigenvalue weighted by Gasteiger charge is -2.33. The SMILES string of the molecule is CC(C)NC(C)CCC(C)(C)C(NC(=O)OC1CCCC1O)C(=O)O. The van der Waals surface area contributed by atoms with Crippen molar-refractivity contribution in [3.8, 4) is 0 Å². The molecule has 0 saturated heterocycles. The normalized spacial score (nSPS) is 23.3. The lowest BCUT2D eigenvalue weighted by Crippen LogP contribution is -2.51. The summed E-state index contributed by atoms with van der Waals surface area (Å²) in [5.41, 5.74) is -0.633. The van der Waals surface area contributed by atoms with E-state index in [1.165, 1.54) is 0 Å². The van der Waals surface area contributed by atoms with Gasteiger partial charge in [-0.1, -0.05) is 27.7 Å². The molecule has 1 amide bonds. The number of carboxylic acid groups (broad SMARTS) is 1. The number of nitrogens with one attached hydrogen (secondary N) is 2. The summed E-state index contributed by atoms with van der Waals surface area (Å²) in [6, 6.07) is -0.432. The van der Waals surface area contributed by atoms with Crippen molar-refractivity contribution in [2.24, 2.45) is 5.41 Å². The summed E-state index contributed by atoms with van der Waals surface area (Å²) in [6.45, 7) is 9.86. The summed E-state index contributed by atoms with van der Waals surface area (Å²) in [5, 5.41) is 25.1. The third kappa shape index (κ3) is 7.20. The third-order valence-corrected chi connectivity index (χ3v) is 4.81. The topological polar surface area (TPSA) is 108 Å². The predicted molar refractivity (Wildman–Crippen MR) is 95.4 cm³/mol. The molecule has 7 heteroatoms. The molecule has 1 aliphatic carbocycles. The highest BCUT2D eigenvalue weighted by Crippen LogP contribution is 2.29. The van der Waals surface area contributed by atoms with Crippen LogP contribution >= 0.6 is 0 Å². The molecule has 0 spiro atoms. The second-order valence-electron chi connectivity index (χ2n) is 8.11. The zero-order valence-electron chi connectivity index (χ0n) is 16.0. The molecule has 0 radical (unpaired) electrons. The first-order valence-corrected chi connectivity index (χ1v) is 9.17. The Labute approximate surface area is 150 Å². The molecule has 1 saturated carbocycles. The van der Waals surface area contributed by atoms with E-state index in [1.54, 1.807) is 0 Å². The highest BCUT2D eigenvalue weighted by Gasteiger charge is 2.38. The molecule has 1 fully saturated rings. The number of rotatable bonds is 9. The Kier molecular flexibility index (Phi) is 8.15. The number of alkyl carbamates (subject to hydrolysis) is 1. The van der Waals surface area contributed by atoms with E-state index in [0.717, 1.165) is 12.8 Å². The van der Waals surface area contributed by atoms with Crippen molar-refractivity contribution >= 4 is 12.1 Å². The Balaban J connectivity index is 2.60. The van der Waals surface area contributed by atoms with Crippen LogP contribution < -0.4 is 10.6 Å². The molecule has 0 aromatic heterocycles. The first-order chi connectivity index (χ1) is 11.5. The molecular weight excluding hydrogens is 324 g/mol. The molecular formula is C18H34N2O5. The van der Waals surface area contributed by atoms with Crippen LogP contribution in [0.25, 0.3) is 0 Å². The minimum absolute atomic E-state index is 0.259.